The molecule has 0 amide bonds. The molecule has 1 rings (SSSR count). The summed E-state index contributed by atoms with van der Waals surface area (Å²) in [5.41, 5.74) is 5.83. The van der Waals surface area contributed by atoms with Gasteiger partial charge in [-0.05, 0) is 63.1 Å². The van der Waals surface area contributed by atoms with E-state index in [0.717, 1.165) is 0 Å². The summed E-state index contributed by atoms with van der Waals surface area (Å²) in [5, 5.41) is 0. The highest BCUT2D eigenvalue weighted by atomic mass is 16.8. The second kappa shape index (κ2) is 16.5. The molecule has 2 atom stereocenters. The summed E-state index contributed by atoms with van der Waals surface area (Å²) >= 11 is 0. The van der Waals surface area contributed by atoms with E-state index in [1.807, 2.05) is 34.6 Å². The molecular formula is C28H43NO11. The zero-order chi connectivity index (χ0) is 30.5. The second-order valence-corrected chi connectivity index (χ2v) is 10.7. The maximum atomic E-state index is 12.5. The fraction of sp³-hybridized carbons (Fsp3) is 0.643. The number of benzene rings is 1. The largest absolute Gasteiger partial charge is 0.513 e. The van der Waals surface area contributed by atoms with Crippen LogP contribution in [0.2, 0.25) is 0 Å². The molecule has 0 heterocycles. The lowest BCUT2D eigenvalue weighted by Crippen LogP contribution is -2.37. The molecule has 226 valence electrons. The fourth-order valence-electron chi connectivity index (χ4n) is 2.72. The van der Waals surface area contributed by atoms with Crippen molar-refractivity contribution in [2.24, 2.45) is 17.6 Å². The molecule has 0 aliphatic carbocycles. The lowest BCUT2D eigenvalue weighted by molar-refractivity contribution is -0.152. The Morgan fingerprint density at radius 3 is 1.85 bits per heavy atom. The monoisotopic (exact) mass is 569 g/mol. The molecule has 0 aliphatic rings. The van der Waals surface area contributed by atoms with Crippen molar-refractivity contribution in [3.8, 4) is 11.5 Å². The summed E-state index contributed by atoms with van der Waals surface area (Å²) in [6, 6.07) is 3.22. The summed E-state index contributed by atoms with van der Waals surface area (Å²) in [7, 11) is 0. The Balaban J connectivity index is 2.84. The first kappa shape index (κ1) is 34.5. The highest BCUT2D eigenvalue weighted by Crippen LogP contribution is 2.30. The summed E-state index contributed by atoms with van der Waals surface area (Å²) in [4.78, 5) is 48.6. The van der Waals surface area contributed by atoms with Gasteiger partial charge in [-0.2, -0.15) is 0 Å². The molecule has 0 aliphatic heterocycles. The van der Waals surface area contributed by atoms with Crippen LogP contribution >= 0.6 is 0 Å². The number of nitrogens with two attached hydrogens (primary N) is 1. The van der Waals surface area contributed by atoms with Crippen molar-refractivity contribution < 1.29 is 52.3 Å². The number of ether oxygens (including phenoxy) is 7. The average molecular weight is 570 g/mol. The first-order valence-corrected chi connectivity index (χ1v) is 13.3. The Labute approximate surface area is 235 Å². The molecule has 2 N–H and O–H groups in total. The number of rotatable bonds is 14. The summed E-state index contributed by atoms with van der Waals surface area (Å²) in [6.45, 7) is 14.4. The number of esters is 1. The molecule has 0 unspecified atom stereocenters. The van der Waals surface area contributed by atoms with E-state index in [1.165, 1.54) is 12.1 Å². The van der Waals surface area contributed by atoms with Crippen molar-refractivity contribution in [1.29, 1.82) is 0 Å². The third-order valence-corrected chi connectivity index (χ3v) is 5.19. The molecule has 0 spiro atoms. The molecule has 0 saturated heterocycles. The van der Waals surface area contributed by atoms with E-state index in [9.17, 15) is 19.2 Å². The minimum atomic E-state index is -1.10. The normalized spacial score (nSPS) is 12.8. The number of hydrogen-bond donors (Lipinski definition) is 1. The molecule has 0 saturated carbocycles. The van der Waals surface area contributed by atoms with Crippen molar-refractivity contribution in [3.05, 3.63) is 23.8 Å². The van der Waals surface area contributed by atoms with Gasteiger partial charge in [-0.15, -0.1) is 0 Å². The lowest BCUT2D eigenvalue weighted by Gasteiger charge is -2.23. The van der Waals surface area contributed by atoms with Gasteiger partial charge in [-0.1, -0.05) is 40.7 Å². The maximum absolute atomic E-state index is 12.5. The molecule has 0 bridgehead atoms. The predicted octanol–water partition coefficient (Wildman–Crippen LogP) is 5.17. The molecule has 1 aromatic rings. The van der Waals surface area contributed by atoms with Crippen molar-refractivity contribution in [2.75, 3.05) is 19.8 Å². The molecule has 12 nitrogen and oxygen atoms in total. The third kappa shape index (κ3) is 14.0. The molecular weight excluding hydrogens is 526 g/mol. The van der Waals surface area contributed by atoms with Gasteiger partial charge in [0.15, 0.2) is 11.5 Å². The summed E-state index contributed by atoms with van der Waals surface area (Å²) < 4.78 is 36.0. The van der Waals surface area contributed by atoms with E-state index in [0.29, 0.717) is 12.0 Å². The van der Waals surface area contributed by atoms with E-state index in [2.05, 4.69) is 0 Å². The predicted molar refractivity (Wildman–Crippen MR) is 144 cm³/mol. The number of carbonyl (C=O) groups is 4. The van der Waals surface area contributed by atoms with Crippen LogP contribution < -0.4 is 15.2 Å². The molecule has 1 aromatic carbocycles. The minimum absolute atomic E-state index is 0.00534. The molecule has 12 heteroatoms. The van der Waals surface area contributed by atoms with Crippen molar-refractivity contribution >= 4 is 24.4 Å². The van der Waals surface area contributed by atoms with Gasteiger partial charge < -0.3 is 38.9 Å². The van der Waals surface area contributed by atoms with Crippen LogP contribution in [0.3, 0.4) is 0 Å². The van der Waals surface area contributed by atoms with Gasteiger partial charge in [0.25, 0.3) is 0 Å². The third-order valence-electron chi connectivity index (χ3n) is 5.19. The van der Waals surface area contributed by atoms with Crippen LogP contribution in [0.15, 0.2) is 18.2 Å². The quantitative estimate of drug-likeness (QED) is 0.178. The second-order valence-electron chi connectivity index (χ2n) is 10.7. The first-order chi connectivity index (χ1) is 18.6. The van der Waals surface area contributed by atoms with Crippen molar-refractivity contribution in [2.45, 2.75) is 86.0 Å². The van der Waals surface area contributed by atoms with Crippen LogP contribution in [0.1, 0.15) is 67.4 Å². The van der Waals surface area contributed by atoms with Gasteiger partial charge >= 0.3 is 24.4 Å². The van der Waals surface area contributed by atoms with E-state index < -0.39 is 42.2 Å². The highest BCUT2D eigenvalue weighted by Gasteiger charge is 2.24. The van der Waals surface area contributed by atoms with E-state index >= 15 is 0 Å². The summed E-state index contributed by atoms with van der Waals surface area (Å²) in [6.07, 6.45) is -3.02. The van der Waals surface area contributed by atoms with Gasteiger partial charge in [-0.25, -0.2) is 14.4 Å². The molecule has 40 heavy (non-hydrogen) atoms. The van der Waals surface area contributed by atoms with E-state index in [4.69, 9.17) is 38.9 Å². The fourth-order valence-corrected chi connectivity index (χ4v) is 2.72. The average Bonchev–Trinajstić information content (AvgIpc) is 2.86. The van der Waals surface area contributed by atoms with Crippen LogP contribution in [-0.4, -0.2) is 62.0 Å². The van der Waals surface area contributed by atoms with Crippen LogP contribution in [0, 0.1) is 11.8 Å². The lowest BCUT2D eigenvalue weighted by atomic mass is 10.1. The van der Waals surface area contributed by atoms with Crippen molar-refractivity contribution in [3.63, 3.8) is 0 Å². The van der Waals surface area contributed by atoms with E-state index in [-0.39, 0.29) is 49.6 Å². The Morgan fingerprint density at radius 2 is 1.32 bits per heavy atom. The van der Waals surface area contributed by atoms with Gasteiger partial charge in [0, 0.05) is 0 Å². The standard InChI is InChI=1S/C28H43NO11/c1-9-28(7,8)40-27(33)36-16-19(6)37-24(30)21(29)12-20-10-11-22(38-25(31)34-14-17(2)3)23(13-20)39-26(32)35-15-18(4)5/h10-11,13,17-19,21H,9,12,14-16,29H2,1-8H3/t19-,21-/m0/s1. The van der Waals surface area contributed by atoms with Crippen molar-refractivity contribution in [1.82, 2.24) is 0 Å². The molecule has 0 fully saturated rings. The highest BCUT2D eigenvalue weighted by molar-refractivity contribution is 5.76. The smallest absolute Gasteiger partial charge is 0.458 e. The minimum Gasteiger partial charge on any atom is -0.458 e. The maximum Gasteiger partial charge on any atom is 0.513 e. The number of carbonyl (C=O) groups excluding carboxylic acids is 4. The van der Waals surface area contributed by atoms with E-state index in [1.54, 1.807) is 26.8 Å². The van der Waals surface area contributed by atoms with Gasteiger partial charge in [0.2, 0.25) is 0 Å². The van der Waals surface area contributed by atoms with Crippen LogP contribution in [0.4, 0.5) is 14.4 Å². The van der Waals surface area contributed by atoms with Gasteiger partial charge in [-0.3, -0.25) is 4.79 Å². The topological polar surface area (TPSA) is 159 Å². The SMILES string of the molecule is CCC(C)(C)OC(=O)OC[C@H](C)OC(=O)[C@@H](N)Cc1ccc(OC(=O)OCC(C)C)c(OC(=O)OCC(C)C)c1. The Bertz CT molecular complexity index is 990. The number of hydrogen-bond acceptors (Lipinski definition) is 12. The first-order valence-electron chi connectivity index (χ1n) is 13.3. The Kier molecular flexibility index (Phi) is 14.3. The Hall–Kier alpha value is -3.54. The molecule has 0 radical (unpaired) electrons. The van der Waals surface area contributed by atoms with Crippen LogP contribution in [-0.2, 0) is 34.9 Å². The zero-order valence-electron chi connectivity index (χ0n) is 24.6. The van der Waals surface area contributed by atoms with Crippen LogP contribution in [0.5, 0.6) is 11.5 Å². The van der Waals surface area contributed by atoms with Gasteiger partial charge in [0.1, 0.15) is 24.4 Å². The molecule has 0 aromatic heterocycles. The van der Waals surface area contributed by atoms with Gasteiger partial charge in [0.05, 0.1) is 13.2 Å². The zero-order valence-corrected chi connectivity index (χ0v) is 24.6. The summed E-state index contributed by atoms with van der Waals surface area (Å²) in [5.74, 6) is -0.780. The van der Waals surface area contributed by atoms with Crippen LogP contribution in [0.25, 0.3) is 0 Å². The Morgan fingerprint density at radius 1 is 0.800 bits per heavy atom.